The van der Waals surface area contributed by atoms with Crippen molar-refractivity contribution in [2.24, 2.45) is 5.92 Å². The van der Waals surface area contributed by atoms with Gasteiger partial charge in [-0.05, 0) is 24.8 Å². The van der Waals surface area contributed by atoms with Gasteiger partial charge < -0.3 is 4.90 Å². The van der Waals surface area contributed by atoms with E-state index in [4.69, 9.17) is 0 Å². The summed E-state index contributed by atoms with van der Waals surface area (Å²) in [6, 6.07) is 0. The Bertz CT molecular complexity index is 408. The lowest BCUT2D eigenvalue weighted by Gasteiger charge is -2.33. The molecule has 1 aromatic heterocycles. The zero-order valence-corrected chi connectivity index (χ0v) is 10.4. The van der Waals surface area contributed by atoms with Gasteiger partial charge in [0.2, 0.25) is 5.91 Å². The summed E-state index contributed by atoms with van der Waals surface area (Å²) >= 11 is 0. The van der Waals surface area contributed by atoms with Crippen molar-refractivity contribution in [2.45, 2.75) is 31.9 Å². The first kappa shape index (κ1) is 13.9. The molecule has 106 valence electrons. The molecule has 1 aliphatic rings. The number of aromatic nitrogens is 2. The highest BCUT2D eigenvalue weighted by Crippen LogP contribution is 2.34. The summed E-state index contributed by atoms with van der Waals surface area (Å²) in [5, 5.41) is 6.43. The van der Waals surface area contributed by atoms with Gasteiger partial charge in [-0.25, -0.2) is 0 Å². The van der Waals surface area contributed by atoms with E-state index in [2.05, 4.69) is 10.2 Å². The van der Waals surface area contributed by atoms with Gasteiger partial charge in [0.05, 0.1) is 12.1 Å². The predicted octanol–water partition coefficient (Wildman–Crippen LogP) is 2.14. The first-order valence-corrected chi connectivity index (χ1v) is 6.29. The number of amides is 1. The Hall–Kier alpha value is -1.53. The molecule has 0 spiro atoms. The van der Waals surface area contributed by atoms with Gasteiger partial charge in [-0.1, -0.05) is 0 Å². The summed E-state index contributed by atoms with van der Waals surface area (Å²) < 4.78 is 37.5. The zero-order chi connectivity index (χ0) is 13.9. The van der Waals surface area contributed by atoms with E-state index in [1.54, 1.807) is 12.4 Å². The monoisotopic (exact) mass is 275 g/mol. The van der Waals surface area contributed by atoms with Crippen LogP contribution < -0.4 is 0 Å². The Morgan fingerprint density at radius 3 is 2.63 bits per heavy atom. The average Bonchev–Trinajstić information content (AvgIpc) is 2.88. The number of halogens is 3. The average molecular weight is 275 g/mol. The van der Waals surface area contributed by atoms with E-state index in [0.717, 1.165) is 5.56 Å². The number of rotatable bonds is 3. The topological polar surface area (TPSA) is 49.0 Å². The number of nitrogens with zero attached hydrogens (tertiary/aromatic N) is 2. The highest BCUT2D eigenvalue weighted by molar-refractivity contribution is 5.76. The molecule has 1 aliphatic heterocycles. The maximum atomic E-state index is 12.5. The summed E-state index contributed by atoms with van der Waals surface area (Å²) in [6.07, 6.45) is 0.130. The van der Waals surface area contributed by atoms with Crippen LogP contribution in [-0.2, 0) is 11.2 Å². The summed E-state index contributed by atoms with van der Waals surface area (Å²) in [5.41, 5.74) is 0.929. The minimum absolute atomic E-state index is 0.0148. The molecule has 7 heteroatoms. The highest BCUT2D eigenvalue weighted by atomic mass is 19.4. The SMILES string of the molecule is O=C(CCc1cn[nH]c1)N1CCC(C(F)(F)F)CC1. The third kappa shape index (κ3) is 3.71. The summed E-state index contributed by atoms with van der Waals surface area (Å²) in [4.78, 5) is 13.4. The molecule has 0 bridgehead atoms. The van der Waals surface area contributed by atoms with Crippen LogP contribution in [0.5, 0.6) is 0 Å². The van der Waals surface area contributed by atoms with Crippen LogP contribution >= 0.6 is 0 Å². The van der Waals surface area contributed by atoms with Crippen molar-refractivity contribution in [3.63, 3.8) is 0 Å². The Kier molecular flexibility index (Phi) is 4.11. The summed E-state index contributed by atoms with van der Waals surface area (Å²) in [7, 11) is 0. The van der Waals surface area contributed by atoms with Crippen molar-refractivity contribution < 1.29 is 18.0 Å². The Labute approximate surface area is 109 Å². The number of aryl methyl sites for hydroxylation is 1. The van der Waals surface area contributed by atoms with Crippen LogP contribution in [0.1, 0.15) is 24.8 Å². The third-order valence-corrected chi connectivity index (χ3v) is 3.49. The first-order valence-electron chi connectivity index (χ1n) is 6.29. The van der Waals surface area contributed by atoms with Gasteiger partial charge in [0.1, 0.15) is 0 Å². The number of alkyl halides is 3. The van der Waals surface area contributed by atoms with E-state index in [1.807, 2.05) is 0 Å². The molecular formula is C12H16F3N3O. The van der Waals surface area contributed by atoms with Gasteiger partial charge in [-0.2, -0.15) is 18.3 Å². The van der Waals surface area contributed by atoms with Gasteiger partial charge in [0, 0.05) is 25.7 Å². The summed E-state index contributed by atoms with van der Waals surface area (Å²) in [6.45, 7) is 0.406. The van der Waals surface area contributed by atoms with E-state index in [1.165, 1.54) is 4.90 Å². The second-order valence-electron chi connectivity index (χ2n) is 4.80. The fourth-order valence-corrected chi connectivity index (χ4v) is 2.28. The Balaban J connectivity index is 1.76. The lowest BCUT2D eigenvalue weighted by molar-refractivity contribution is -0.186. The minimum atomic E-state index is -4.13. The molecule has 0 aliphatic carbocycles. The molecule has 0 radical (unpaired) electrons. The van der Waals surface area contributed by atoms with Crippen molar-refractivity contribution in [1.29, 1.82) is 0 Å². The van der Waals surface area contributed by atoms with Crippen molar-refractivity contribution in [2.75, 3.05) is 13.1 Å². The van der Waals surface area contributed by atoms with Crippen LogP contribution in [0.4, 0.5) is 13.2 Å². The predicted molar refractivity (Wildman–Crippen MR) is 62.3 cm³/mol. The van der Waals surface area contributed by atoms with Crippen molar-refractivity contribution in [3.8, 4) is 0 Å². The number of nitrogens with one attached hydrogen (secondary N) is 1. The van der Waals surface area contributed by atoms with Crippen molar-refractivity contribution in [3.05, 3.63) is 18.0 Å². The van der Waals surface area contributed by atoms with Gasteiger partial charge >= 0.3 is 6.18 Å². The second kappa shape index (κ2) is 5.63. The van der Waals surface area contributed by atoms with Gasteiger partial charge in [-0.15, -0.1) is 0 Å². The molecule has 0 saturated carbocycles. The van der Waals surface area contributed by atoms with E-state index >= 15 is 0 Å². The van der Waals surface area contributed by atoms with Crippen molar-refractivity contribution >= 4 is 5.91 Å². The number of piperidine rings is 1. The number of carbonyl (C=O) groups is 1. The second-order valence-corrected chi connectivity index (χ2v) is 4.80. The highest BCUT2D eigenvalue weighted by Gasteiger charge is 2.41. The van der Waals surface area contributed by atoms with Gasteiger partial charge in [0.25, 0.3) is 0 Å². The van der Waals surface area contributed by atoms with Crippen LogP contribution in [0.3, 0.4) is 0 Å². The zero-order valence-electron chi connectivity index (χ0n) is 10.4. The molecule has 4 nitrogen and oxygen atoms in total. The van der Waals surface area contributed by atoms with Crippen LogP contribution in [0, 0.1) is 5.92 Å². The smallest absolute Gasteiger partial charge is 0.343 e. The quantitative estimate of drug-likeness (QED) is 0.918. The Morgan fingerprint density at radius 2 is 2.11 bits per heavy atom. The fraction of sp³-hybridized carbons (Fsp3) is 0.667. The van der Waals surface area contributed by atoms with E-state index in [9.17, 15) is 18.0 Å². The molecule has 2 heterocycles. The maximum absolute atomic E-state index is 12.5. The first-order chi connectivity index (χ1) is 8.97. The standard InChI is InChI=1S/C12H16F3N3O/c13-12(14,15)10-3-5-18(6-4-10)11(19)2-1-9-7-16-17-8-9/h7-8,10H,1-6H2,(H,16,17). The molecule has 19 heavy (non-hydrogen) atoms. The summed E-state index contributed by atoms with van der Waals surface area (Å²) in [5.74, 6) is -1.34. The lowest BCUT2D eigenvalue weighted by Crippen LogP contribution is -2.42. The molecule has 1 aromatic rings. The molecule has 0 atom stereocenters. The molecule has 2 rings (SSSR count). The van der Waals surface area contributed by atoms with E-state index < -0.39 is 12.1 Å². The van der Waals surface area contributed by atoms with Gasteiger partial charge in [0.15, 0.2) is 0 Å². The van der Waals surface area contributed by atoms with Gasteiger partial charge in [-0.3, -0.25) is 9.89 Å². The van der Waals surface area contributed by atoms with E-state index in [0.29, 0.717) is 12.8 Å². The molecule has 0 aromatic carbocycles. The number of H-pyrrole nitrogens is 1. The Morgan fingerprint density at radius 1 is 1.42 bits per heavy atom. The number of carbonyl (C=O) groups excluding carboxylic acids is 1. The number of likely N-dealkylation sites (tertiary alicyclic amines) is 1. The van der Waals surface area contributed by atoms with Crippen LogP contribution in [0.15, 0.2) is 12.4 Å². The number of hydrogen-bond donors (Lipinski definition) is 1. The molecular weight excluding hydrogens is 259 g/mol. The van der Waals surface area contributed by atoms with Crippen LogP contribution in [0.2, 0.25) is 0 Å². The molecule has 1 amide bonds. The largest absolute Gasteiger partial charge is 0.391 e. The fourth-order valence-electron chi connectivity index (χ4n) is 2.28. The molecule has 1 N–H and O–H groups in total. The molecule has 0 unspecified atom stereocenters. The normalized spacial score (nSPS) is 17.7. The number of aromatic amines is 1. The van der Waals surface area contributed by atoms with E-state index in [-0.39, 0.29) is 31.8 Å². The third-order valence-electron chi connectivity index (χ3n) is 3.49. The molecule has 1 saturated heterocycles. The van der Waals surface area contributed by atoms with Crippen LogP contribution in [0.25, 0.3) is 0 Å². The van der Waals surface area contributed by atoms with Crippen LogP contribution in [-0.4, -0.2) is 40.3 Å². The number of hydrogen-bond acceptors (Lipinski definition) is 2. The molecule has 1 fully saturated rings. The van der Waals surface area contributed by atoms with Crippen molar-refractivity contribution in [1.82, 2.24) is 15.1 Å². The minimum Gasteiger partial charge on any atom is -0.343 e. The maximum Gasteiger partial charge on any atom is 0.391 e. The lowest BCUT2D eigenvalue weighted by atomic mass is 9.96.